The summed E-state index contributed by atoms with van der Waals surface area (Å²) in [4.78, 5) is 23.8. The van der Waals surface area contributed by atoms with E-state index in [0.29, 0.717) is 47.5 Å². The zero-order valence-corrected chi connectivity index (χ0v) is 22.0. The van der Waals surface area contributed by atoms with Crippen molar-refractivity contribution in [3.8, 4) is 0 Å². The topological polar surface area (TPSA) is 72.8 Å². The van der Waals surface area contributed by atoms with Crippen molar-refractivity contribution in [3.63, 3.8) is 0 Å². The summed E-state index contributed by atoms with van der Waals surface area (Å²) < 4.78 is 10.6. The maximum absolute atomic E-state index is 12.1. The highest BCUT2D eigenvalue weighted by molar-refractivity contribution is 5.87. The molecule has 0 aromatic carbocycles. The van der Waals surface area contributed by atoms with E-state index in [1.54, 1.807) is 6.92 Å². The maximum Gasteiger partial charge on any atom is 0.333 e. The summed E-state index contributed by atoms with van der Waals surface area (Å²) in [6.45, 7) is 12.5. The van der Waals surface area contributed by atoms with E-state index in [1.165, 1.54) is 26.4 Å². The molecule has 192 valence electrons. The Morgan fingerprint density at radius 2 is 1.82 bits per heavy atom. The third kappa shape index (κ3) is 4.24. The number of hydrogen-bond acceptors (Lipinski definition) is 5. The Morgan fingerprint density at radius 1 is 1.09 bits per heavy atom. The van der Waals surface area contributed by atoms with Gasteiger partial charge in [0.05, 0.1) is 13.2 Å². The number of aliphatic hydroxyl groups excluding tert-OH is 1. The molecule has 0 unspecified atom stereocenters. The molecule has 0 aliphatic heterocycles. The molecule has 4 aliphatic carbocycles. The van der Waals surface area contributed by atoms with Crippen LogP contribution in [0, 0.1) is 46.3 Å². The molecule has 0 aromatic rings. The second-order valence-corrected chi connectivity index (χ2v) is 12.6. The minimum absolute atomic E-state index is 0.00382. The molecule has 0 bridgehead atoms. The van der Waals surface area contributed by atoms with Crippen LogP contribution in [0.4, 0.5) is 0 Å². The molecule has 0 amide bonds. The normalized spacial score (nSPS) is 44.2. The van der Waals surface area contributed by atoms with Gasteiger partial charge in [-0.25, -0.2) is 4.79 Å². The lowest BCUT2D eigenvalue weighted by Gasteiger charge is -2.62. The molecule has 4 aliphatic rings. The van der Waals surface area contributed by atoms with Gasteiger partial charge in [0, 0.05) is 12.0 Å². The Bertz CT molecular complexity index is 806. The largest absolute Gasteiger partial charge is 0.469 e. The molecular weight excluding hydrogens is 428 g/mol. The first kappa shape index (κ1) is 25.7. The molecule has 4 fully saturated rings. The molecular formula is C29H46O5. The van der Waals surface area contributed by atoms with E-state index in [1.807, 2.05) is 0 Å². The number of esters is 2. The van der Waals surface area contributed by atoms with Gasteiger partial charge in [-0.3, -0.25) is 4.79 Å². The Hall–Kier alpha value is -1.36. The van der Waals surface area contributed by atoms with E-state index in [2.05, 4.69) is 27.4 Å². The zero-order valence-electron chi connectivity index (χ0n) is 22.0. The van der Waals surface area contributed by atoms with E-state index >= 15 is 0 Å². The number of carbonyl (C=O) groups is 2. The summed E-state index contributed by atoms with van der Waals surface area (Å²) in [6, 6.07) is 0. The molecule has 4 saturated carbocycles. The summed E-state index contributed by atoms with van der Waals surface area (Å²) in [5.74, 6) is 2.80. The number of methoxy groups -OCH3 is 1. The first-order valence-electron chi connectivity index (χ1n) is 13.6. The summed E-state index contributed by atoms with van der Waals surface area (Å²) in [6.07, 6.45) is 9.62. The van der Waals surface area contributed by atoms with Crippen molar-refractivity contribution < 1.29 is 24.2 Å². The van der Waals surface area contributed by atoms with Gasteiger partial charge in [-0.05, 0) is 111 Å². The van der Waals surface area contributed by atoms with E-state index < -0.39 is 0 Å². The van der Waals surface area contributed by atoms with Crippen LogP contribution in [0.2, 0.25) is 0 Å². The Kier molecular flexibility index (Phi) is 7.26. The van der Waals surface area contributed by atoms with Crippen molar-refractivity contribution in [2.45, 2.75) is 104 Å². The highest BCUT2D eigenvalue weighted by Gasteiger charge is 2.63. The predicted octanol–water partition coefficient (Wildman–Crippen LogP) is 5.69. The molecule has 0 spiro atoms. The quantitative estimate of drug-likeness (QED) is 0.395. The average Bonchev–Trinajstić information content (AvgIpc) is 3.16. The molecule has 0 heterocycles. The van der Waals surface area contributed by atoms with E-state index in [-0.39, 0.29) is 35.0 Å². The summed E-state index contributed by atoms with van der Waals surface area (Å²) >= 11 is 0. The molecule has 0 radical (unpaired) electrons. The van der Waals surface area contributed by atoms with Crippen LogP contribution < -0.4 is 0 Å². The number of fused-ring (bicyclic) bond motifs is 5. The average molecular weight is 475 g/mol. The highest BCUT2D eigenvalue weighted by atomic mass is 16.5. The minimum atomic E-state index is -0.290. The number of aliphatic hydroxyl groups is 1. The van der Waals surface area contributed by atoms with Crippen molar-refractivity contribution in [3.05, 3.63) is 12.2 Å². The van der Waals surface area contributed by atoms with Crippen molar-refractivity contribution in [1.82, 2.24) is 0 Å². The van der Waals surface area contributed by atoms with Gasteiger partial charge >= 0.3 is 11.9 Å². The predicted molar refractivity (Wildman–Crippen MR) is 132 cm³/mol. The maximum atomic E-state index is 12.1. The summed E-state index contributed by atoms with van der Waals surface area (Å²) in [5.41, 5.74) is 0.628. The molecule has 34 heavy (non-hydrogen) atoms. The first-order valence-corrected chi connectivity index (χ1v) is 13.6. The van der Waals surface area contributed by atoms with Crippen LogP contribution in [0.3, 0.4) is 0 Å². The second-order valence-electron chi connectivity index (χ2n) is 12.6. The van der Waals surface area contributed by atoms with Gasteiger partial charge in [0.2, 0.25) is 0 Å². The third-order valence-corrected chi connectivity index (χ3v) is 11.1. The van der Waals surface area contributed by atoms with Crippen LogP contribution in [0.1, 0.15) is 91.9 Å². The van der Waals surface area contributed by atoms with Gasteiger partial charge in [-0.1, -0.05) is 27.4 Å². The standard InChI is InChI=1S/C29H46O5/c1-17(2)27(32)34-20-13-14-28(4)19(15-20)8-9-21-23-11-10-22(18(3)7-12-26(31)33-6)29(23,5)25(30)16-24(21)28/h18-25,30H,1,7-16H2,2-6H3/t18-,19-,20+,21+,22-,23+,24+,25+,28+,29-/m1/s1. The molecule has 0 saturated heterocycles. The smallest absolute Gasteiger partial charge is 0.333 e. The SMILES string of the molecule is C=C(C)C(=O)O[C@H]1CC[C@@]2(C)[C@H](CC[C@@H]3[C@@H]2C[C@H](O)[C@]2(C)[C@@H]([C@H](C)CCC(=O)OC)CC[C@@H]32)C1. The van der Waals surface area contributed by atoms with Gasteiger partial charge in [0.25, 0.3) is 0 Å². The lowest BCUT2D eigenvalue weighted by molar-refractivity contribution is -0.180. The van der Waals surface area contributed by atoms with Gasteiger partial charge in [0.1, 0.15) is 6.10 Å². The van der Waals surface area contributed by atoms with Crippen LogP contribution >= 0.6 is 0 Å². The van der Waals surface area contributed by atoms with E-state index in [0.717, 1.165) is 38.5 Å². The Balaban J connectivity index is 1.47. The number of rotatable bonds is 6. The molecule has 1 N–H and O–H groups in total. The summed E-state index contributed by atoms with van der Waals surface area (Å²) in [5, 5.41) is 11.7. The Labute approximate surface area is 206 Å². The van der Waals surface area contributed by atoms with Crippen LogP contribution in [-0.4, -0.2) is 36.4 Å². The van der Waals surface area contributed by atoms with E-state index in [9.17, 15) is 14.7 Å². The molecule has 5 heteroatoms. The van der Waals surface area contributed by atoms with Crippen LogP contribution in [0.25, 0.3) is 0 Å². The van der Waals surface area contributed by atoms with Crippen LogP contribution in [-0.2, 0) is 19.1 Å². The molecule has 0 aromatic heterocycles. The number of carbonyl (C=O) groups excluding carboxylic acids is 2. The van der Waals surface area contributed by atoms with Crippen molar-refractivity contribution in [2.24, 2.45) is 46.3 Å². The van der Waals surface area contributed by atoms with Gasteiger partial charge < -0.3 is 14.6 Å². The number of hydrogen-bond donors (Lipinski definition) is 1. The second kappa shape index (κ2) is 9.59. The highest BCUT2D eigenvalue weighted by Crippen LogP contribution is 2.68. The lowest BCUT2D eigenvalue weighted by Crippen LogP contribution is -2.59. The monoisotopic (exact) mass is 474 g/mol. The fourth-order valence-electron chi connectivity index (χ4n) is 9.15. The molecule has 10 atom stereocenters. The van der Waals surface area contributed by atoms with Crippen molar-refractivity contribution >= 4 is 11.9 Å². The third-order valence-electron chi connectivity index (χ3n) is 11.1. The van der Waals surface area contributed by atoms with Crippen LogP contribution in [0.15, 0.2) is 12.2 Å². The van der Waals surface area contributed by atoms with Gasteiger partial charge in [-0.15, -0.1) is 0 Å². The van der Waals surface area contributed by atoms with Gasteiger partial charge in [-0.2, -0.15) is 0 Å². The number of ether oxygens (including phenoxy) is 2. The van der Waals surface area contributed by atoms with Crippen molar-refractivity contribution in [1.29, 1.82) is 0 Å². The van der Waals surface area contributed by atoms with Crippen LogP contribution in [0.5, 0.6) is 0 Å². The lowest BCUT2D eigenvalue weighted by atomic mass is 9.43. The van der Waals surface area contributed by atoms with E-state index in [4.69, 9.17) is 9.47 Å². The zero-order chi connectivity index (χ0) is 24.8. The van der Waals surface area contributed by atoms with Gasteiger partial charge in [0.15, 0.2) is 0 Å². The fraction of sp³-hybridized carbons (Fsp3) is 0.862. The summed E-state index contributed by atoms with van der Waals surface area (Å²) in [7, 11) is 1.46. The molecule has 5 nitrogen and oxygen atoms in total. The molecule has 4 rings (SSSR count). The fourth-order valence-corrected chi connectivity index (χ4v) is 9.15. The Morgan fingerprint density at radius 3 is 2.50 bits per heavy atom. The minimum Gasteiger partial charge on any atom is -0.469 e. The first-order chi connectivity index (χ1) is 16.0. The van der Waals surface area contributed by atoms with Crippen molar-refractivity contribution in [2.75, 3.05) is 7.11 Å².